The standard InChI is InChI=1S/C29H37N5O9.2ClH/c1-32(2)17-11-16(31-18(35)12-34-5-7-43-8-6-34)23(36)20-14(17)9-13-10-15-22(33(3)4)25(38)21(28(30)41)27(40)29(15,42)26(39)19(13)24(20)37;;/h11,13,15,22,36-37,40,42H,5-10,12H2,1-4H3,(H2,30,41)(H,31,35);2*1H/t13?,15?,22-,29-;;/m0../s1. The molecule has 2 amide bonds. The van der Waals surface area contributed by atoms with Gasteiger partial charge in [0.1, 0.15) is 22.8 Å². The number of aliphatic hydroxyl groups is 3. The number of fused-ring (bicyclic) bond motifs is 3. The molecule has 1 saturated carbocycles. The summed E-state index contributed by atoms with van der Waals surface area (Å²) < 4.78 is 5.32. The molecule has 1 aromatic rings. The maximum absolute atomic E-state index is 14.1. The van der Waals surface area contributed by atoms with Gasteiger partial charge in [-0.15, -0.1) is 24.8 Å². The Balaban J connectivity index is 0.00000276. The monoisotopic (exact) mass is 671 g/mol. The SMILES string of the molecule is CN(C)c1cc(NC(=O)CN2CCOCC2)c(O)c2c1CC1CC3[C@H](N(C)C)C(=O)C(C(N)=O)=C(O)[C@@]3(O)C(=O)C1=C2O.Cl.Cl. The highest BCUT2D eigenvalue weighted by Crippen LogP contribution is 2.54. The van der Waals surface area contributed by atoms with Gasteiger partial charge in [0.15, 0.2) is 11.4 Å². The summed E-state index contributed by atoms with van der Waals surface area (Å²) >= 11 is 0. The molecule has 1 aromatic carbocycles. The van der Waals surface area contributed by atoms with E-state index in [0.29, 0.717) is 37.6 Å². The van der Waals surface area contributed by atoms with Gasteiger partial charge in [-0.05, 0) is 44.5 Å². The number of morpholine rings is 1. The first-order valence-electron chi connectivity index (χ1n) is 14.0. The van der Waals surface area contributed by atoms with Crippen molar-refractivity contribution in [3.05, 3.63) is 34.1 Å². The van der Waals surface area contributed by atoms with Crippen molar-refractivity contribution >= 4 is 65.3 Å². The number of anilines is 2. The fourth-order valence-corrected chi connectivity index (χ4v) is 6.94. The number of carbonyl (C=O) groups is 4. The Kier molecular flexibility index (Phi) is 10.5. The lowest BCUT2D eigenvalue weighted by Gasteiger charge is -2.50. The van der Waals surface area contributed by atoms with Gasteiger partial charge < -0.3 is 41.1 Å². The fourth-order valence-electron chi connectivity index (χ4n) is 6.94. The number of hydrogen-bond acceptors (Lipinski definition) is 12. The molecule has 5 rings (SSSR count). The molecule has 3 aliphatic carbocycles. The minimum Gasteiger partial charge on any atom is -0.508 e. The molecule has 1 heterocycles. The lowest BCUT2D eigenvalue weighted by Crippen LogP contribution is -2.65. The van der Waals surface area contributed by atoms with Crippen molar-refractivity contribution in [2.24, 2.45) is 17.6 Å². The van der Waals surface area contributed by atoms with Gasteiger partial charge in [0.25, 0.3) is 5.91 Å². The number of nitrogens with two attached hydrogens (primary N) is 1. The predicted octanol–water partition coefficient (Wildman–Crippen LogP) is 0.144. The molecule has 14 nitrogen and oxygen atoms in total. The molecular weight excluding hydrogens is 633 g/mol. The van der Waals surface area contributed by atoms with Crippen molar-refractivity contribution < 1.29 is 44.3 Å². The Labute approximate surface area is 272 Å². The molecule has 1 aliphatic heterocycles. The van der Waals surface area contributed by atoms with E-state index in [1.807, 2.05) is 4.90 Å². The average molecular weight is 673 g/mol. The number of likely N-dealkylation sites (N-methyl/N-ethyl adjacent to an activating group) is 1. The number of aliphatic hydroxyl groups excluding tert-OH is 2. The second-order valence-corrected chi connectivity index (χ2v) is 11.9. The smallest absolute Gasteiger partial charge is 0.255 e. The highest BCUT2D eigenvalue weighted by atomic mass is 35.5. The Morgan fingerprint density at radius 2 is 1.73 bits per heavy atom. The topological polar surface area (TPSA) is 206 Å². The zero-order valence-corrected chi connectivity index (χ0v) is 27.0. The quantitative estimate of drug-likeness (QED) is 0.176. The van der Waals surface area contributed by atoms with Crippen molar-refractivity contribution in [3.63, 3.8) is 0 Å². The van der Waals surface area contributed by atoms with Crippen molar-refractivity contribution in [3.8, 4) is 5.75 Å². The van der Waals surface area contributed by atoms with E-state index in [0.717, 1.165) is 0 Å². The van der Waals surface area contributed by atoms with Crippen LogP contribution in [0, 0.1) is 11.8 Å². The van der Waals surface area contributed by atoms with E-state index < -0.39 is 69.7 Å². The van der Waals surface area contributed by atoms with E-state index in [1.165, 1.54) is 4.90 Å². The number of ketones is 2. The first-order chi connectivity index (χ1) is 20.2. The number of rotatable bonds is 6. The molecule has 4 atom stereocenters. The summed E-state index contributed by atoms with van der Waals surface area (Å²) in [4.78, 5) is 57.5. The van der Waals surface area contributed by atoms with E-state index in [-0.39, 0.29) is 61.0 Å². The Hall–Kier alpha value is -3.40. The summed E-state index contributed by atoms with van der Waals surface area (Å²) in [6.07, 6.45) is 0.120. The molecule has 7 N–H and O–H groups in total. The van der Waals surface area contributed by atoms with Gasteiger partial charge >= 0.3 is 0 Å². The highest BCUT2D eigenvalue weighted by molar-refractivity contribution is 6.24. The van der Waals surface area contributed by atoms with E-state index in [1.54, 1.807) is 39.2 Å². The molecule has 248 valence electrons. The number of Topliss-reactive ketones (excluding diaryl/α,β-unsaturated/α-hetero) is 2. The average Bonchev–Trinajstić information content (AvgIpc) is 2.92. The van der Waals surface area contributed by atoms with Crippen LogP contribution >= 0.6 is 24.8 Å². The summed E-state index contributed by atoms with van der Waals surface area (Å²) in [5, 5.41) is 48.4. The summed E-state index contributed by atoms with van der Waals surface area (Å²) in [5.41, 5.74) is 2.51. The van der Waals surface area contributed by atoms with E-state index in [2.05, 4.69) is 5.32 Å². The first kappa shape index (κ1) is 36.1. The molecule has 16 heteroatoms. The van der Waals surface area contributed by atoms with Crippen molar-refractivity contribution in [2.45, 2.75) is 24.5 Å². The van der Waals surface area contributed by atoms with Gasteiger partial charge in [0.2, 0.25) is 11.7 Å². The number of amides is 2. The number of nitrogens with zero attached hydrogens (tertiary/aromatic N) is 3. The zero-order chi connectivity index (χ0) is 31.5. The second kappa shape index (κ2) is 13.1. The maximum Gasteiger partial charge on any atom is 0.255 e. The second-order valence-electron chi connectivity index (χ2n) is 11.9. The number of carbonyl (C=O) groups excluding carboxylic acids is 4. The number of benzene rings is 1. The summed E-state index contributed by atoms with van der Waals surface area (Å²) in [5.74, 6) is -7.71. The molecule has 4 aliphatic rings. The highest BCUT2D eigenvalue weighted by Gasteiger charge is 2.64. The van der Waals surface area contributed by atoms with Gasteiger partial charge in [0.05, 0.1) is 37.1 Å². The van der Waals surface area contributed by atoms with Gasteiger partial charge in [-0.25, -0.2) is 0 Å². The van der Waals surface area contributed by atoms with Gasteiger partial charge in [0, 0.05) is 44.4 Å². The zero-order valence-electron chi connectivity index (χ0n) is 25.3. The van der Waals surface area contributed by atoms with Crippen LogP contribution in [0.2, 0.25) is 0 Å². The van der Waals surface area contributed by atoms with Crippen LogP contribution in [0.1, 0.15) is 17.5 Å². The van der Waals surface area contributed by atoms with E-state index in [9.17, 15) is 39.6 Å². The van der Waals surface area contributed by atoms with Crippen molar-refractivity contribution in [2.75, 3.05) is 71.3 Å². The largest absolute Gasteiger partial charge is 0.508 e. The number of hydrogen-bond donors (Lipinski definition) is 6. The van der Waals surface area contributed by atoms with Crippen LogP contribution in [0.4, 0.5) is 11.4 Å². The maximum atomic E-state index is 14.1. The van der Waals surface area contributed by atoms with Crippen LogP contribution in [-0.4, -0.2) is 126 Å². The van der Waals surface area contributed by atoms with Crippen LogP contribution in [0.5, 0.6) is 5.75 Å². The molecular formula is C29H39Cl2N5O9. The normalized spacial score (nSPS) is 26.3. The van der Waals surface area contributed by atoms with Gasteiger partial charge in [-0.2, -0.15) is 0 Å². The lowest BCUT2D eigenvalue weighted by molar-refractivity contribution is -0.153. The Morgan fingerprint density at radius 1 is 1.11 bits per heavy atom. The van der Waals surface area contributed by atoms with Crippen LogP contribution < -0.4 is 16.0 Å². The van der Waals surface area contributed by atoms with Gasteiger partial charge in [-0.1, -0.05) is 0 Å². The molecule has 2 unspecified atom stereocenters. The summed E-state index contributed by atoms with van der Waals surface area (Å²) in [6, 6.07) is 0.425. The van der Waals surface area contributed by atoms with E-state index >= 15 is 0 Å². The third-order valence-corrected chi connectivity index (χ3v) is 8.92. The molecule has 0 radical (unpaired) electrons. The molecule has 0 spiro atoms. The number of primary amides is 1. The van der Waals surface area contributed by atoms with E-state index in [4.69, 9.17) is 10.5 Å². The van der Waals surface area contributed by atoms with Crippen LogP contribution in [0.3, 0.4) is 0 Å². The number of aromatic hydroxyl groups is 1. The first-order valence-corrected chi connectivity index (χ1v) is 14.0. The third-order valence-electron chi connectivity index (χ3n) is 8.92. The Morgan fingerprint density at radius 3 is 2.29 bits per heavy atom. The molecule has 1 saturated heterocycles. The fraction of sp³-hybridized carbons (Fsp3) is 0.517. The molecule has 45 heavy (non-hydrogen) atoms. The minimum atomic E-state index is -2.73. The van der Waals surface area contributed by atoms with Crippen LogP contribution in [0.15, 0.2) is 23.0 Å². The number of halogens is 2. The minimum absolute atomic E-state index is 0. The number of phenolic OH excluding ortho intramolecular Hbond substituents is 1. The third kappa shape index (κ3) is 5.75. The number of ether oxygens (including phenoxy) is 1. The van der Waals surface area contributed by atoms with Crippen molar-refractivity contribution in [1.82, 2.24) is 9.80 Å². The number of nitrogens with one attached hydrogen (secondary N) is 1. The summed E-state index contributed by atoms with van der Waals surface area (Å²) in [6.45, 7) is 2.21. The lowest BCUT2D eigenvalue weighted by atomic mass is 9.57. The van der Waals surface area contributed by atoms with Gasteiger partial charge in [-0.3, -0.25) is 29.0 Å². The number of phenols is 1. The molecule has 0 aromatic heterocycles. The molecule has 2 fully saturated rings. The van der Waals surface area contributed by atoms with Crippen LogP contribution in [-0.2, 0) is 30.3 Å². The van der Waals surface area contributed by atoms with Crippen molar-refractivity contribution in [1.29, 1.82) is 0 Å². The predicted molar refractivity (Wildman–Crippen MR) is 169 cm³/mol. The summed E-state index contributed by atoms with van der Waals surface area (Å²) in [7, 11) is 6.60. The molecule has 0 bridgehead atoms. The van der Waals surface area contributed by atoms with Crippen LogP contribution in [0.25, 0.3) is 5.76 Å². The Bertz CT molecular complexity index is 1490.